The highest BCUT2D eigenvalue weighted by Crippen LogP contribution is 2.66. The number of allylic oxidation sites excluding steroid dienone is 1. The van der Waals surface area contributed by atoms with Crippen LogP contribution in [0.15, 0.2) is 12.7 Å². The van der Waals surface area contributed by atoms with Gasteiger partial charge in [0, 0.05) is 0 Å². The molecule has 1 aliphatic carbocycles. The molecule has 0 saturated heterocycles. The van der Waals surface area contributed by atoms with Gasteiger partial charge in [0.05, 0.1) is 0 Å². The summed E-state index contributed by atoms with van der Waals surface area (Å²) in [4.78, 5) is 0. The van der Waals surface area contributed by atoms with Crippen molar-refractivity contribution in [1.29, 1.82) is 0 Å². The lowest BCUT2D eigenvalue weighted by atomic mass is 9.90. The summed E-state index contributed by atoms with van der Waals surface area (Å²) < 4.78 is 0. The normalized spacial score (nSPS) is 33.4. The number of hydrogen-bond acceptors (Lipinski definition) is 0. The van der Waals surface area contributed by atoms with Crippen LogP contribution in [0.25, 0.3) is 0 Å². The quantitative estimate of drug-likeness (QED) is 0.538. The second kappa shape index (κ2) is 2.66. The zero-order valence-corrected chi connectivity index (χ0v) is 8.11. The predicted octanol–water partition coefficient (Wildman–Crippen LogP) is 3.78. The first-order valence-corrected chi connectivity index (χ1v) is 4.71. The first kappa shape index (κ1) is 8.83. The fourth-order valence-corrected chi connectivity index (χ4v) is 2.11. The summed E-state index contributed by atoms with van der Waals surface area (Å²) in [5, 5.41) is 0. The minimum absolute atomic E-state index is 0.503. The lowest BCUT2D eigenvalue weighted by molar-refractivity contribution is 0.422. The summed E-state index contributed by atoms with van der Waals surface area (Å²) in [7, 11) is 0. The molecule has 0 aromatic carbocycles. The fourth-order valence-electron chi connectivity index (χ4n) is 2.11. The van der Waals surface area contributed by atoms with Gasteiger partial charge in [0.25, 0.3) is 0 Å². The van der Waals surface area contributed by atoms with Gasteiger partial charge < -0.3 is 0 Å². The molecule has 0 radical (unpaired) electrons. The molecule has 0 N–H and O–H groups in total. The molecular formula is C11H20. The second-order valence-corrected chi connectivity index (χ2v) is 4.52. The maximum Gasteiger partial charge on any atom is -0.00641 e. The van der Waals surface area contributed by atoms with Gasteiger partial charge in [0.15, 0.2) is 0 Å². The summed E-state index contributed by atoms with van der Waals surface area (Å²) in [6.45, 7) is 10.9. The Bertz CT molecular complexity index is 155. The molecular weight excluding hydrogens is 132 g/mol. The maximum atomic E-state index is 3.94. The van der Waals surface area contributed by atoms with E-state index >= 15 is 0 Å². The monoisotopic (exact) mass is 152 g/mol. The first-order chi connectivity index (χ1) is 5.08. The summed E-state index contributed by atoms with van der Waals surface area (Å²) in [6.07, 6.45) is 7.55. The van der Waals surface area contributed by atoms with Crippen molar-refractivity contribution in [2.75, 3.05) is 0 Å². The zero-order chi connectivity index (χ0) is 8.54. The Morgan fingerprint density at radius 3 is 2.27 bits per heavy atom. The summed E-state index contributed by atoms with van der Waals surface area (Å²) in [5.74, 6) is 0. The molecule has 0 spiro atoms. The molecule has 1 atom stereocenters. The highest BCUT2D eigenvalue weighted by Gasteiger charge is 2.57. The average Bonchev–Trinajstić information content (AvgIpc) is 2.50. The largest absolute Gasteiger partial charge is 0.103 e. The molecule has 0 amide bonds. The SMILES string of the molecule is C=CC1(CCCC)CC1(C)C. The van der Waals surface area contributed by atoms with E-state index in [2.05, 4.69) is 33.4 Å². The highest BCUT2D eigenvalue weighted by molar-refractivity contribution is 5.17. The van der Waals surface area contributed by atoms with Crippen LogP contribution in [0.4, 0.5) is 0 Å². The minimum Gasteiger partial charge on any atom is -0.103 e. The van der Waals surface area contributed by atoms with E-state index in [1.165, 1.54) is 25.7 Å². The molecule has 1 rings (SSSR count). The third kappa shape index (κ3) is 1.36. The third-order valence-electron chi connectivity index (χ3n) is 3.35. The Morgan fingerprint density at radius 2 is 2.00 bits per heavy atom. The van der Waals surface area contributed by atoms with E-state index in [0.29, 0.717) is 10.8 Å². The van der Waals surface area contributed by atoms with E-state index in [9.17, 15) is 0 Å². The lowest BCUT2D eigenvalue weighted by Gasteiger charge is -2.14. The van der Waals surface area contributed by atoms with Crippen LogP contribution in [-0.4, -0.2) is 0 Å². The Hall–Kier alpha value is -0.260. The van der Waals surface area contributed by atoms with Gasteiger partial charge in [-0.2, -0.15) is 0 Å². The van der Waals surface area contributed by atoms with Crippen LogP contribution in [0.3, 0.4) is 0 Å². The summed E-state index contributed by atoms with van der Waals surface area (Å²) in [6, 6.07) is 0. The standard InChI is InChI=1S/C11H20/c1-5-7-8-11(6-2)9-10(11,3)4/h6H,2,5,7-9H2,1,3-4H3. The van der Waals surface area contributed by atoms with Gasteiger partial charge in [0.1, 0.15) is 0 Å². The van der Waals surface area contributed by atoms with Crippen LogP contribution in [0.5, 0.6) is 0 Å². The molecule has 0 bridgehead atoms. The van der Waals surface area contributed by atoms with E-state index in [0.717, 1.165) is 0 Å². The van der Waals surface area contributed by atoms with Crippen molar-refractivity contribution in [2.45, 2.75) is 46.5 Å². The fraction of sp³-hybridized carbons (Fsp3) is 0.818. The van der Waals surface area contributed by atoms with E-state index in [4.69, 9.17) is 0 Å². The Kier molecular flexibility index (Phi) is 2.13. The van der Waals surface area contributed by atoms with E-state index in [1.807, 2.05) is 0 Å². The molecule has 0 aliphatic heterocycles. The molecule has 1 saturated carbocycles. The average molecular weight is 152 g/mol. The van der Waals surface area contributed by atoms with Crippen LogP contribution in [0.1, 0.15) is 46.5 Å². The van der Waals surface area contributed by atoms with Gasteiger partial charge in [0.2, 0.25) is 0 Å². The van der Waals surface area contributed by atoms with Gasteiger partial charge in [-0.15, -0.1) is 6.58 Å². The Balaban J connectivity index is 2.46. The minimum atomic E-state index is 0.503. The van der Waals surface area contributed by atoms with Crippen LogP contribution >= 0.6 is 0 Å². The second-order valence-electron chi connectivity index (χ2n) is 4.52. The number of hydrogen-bond donors (Lipinski definition) is 0. The molecule has 0 heteroatoms. The van der Waals surface area contributed by atoms with E-state index in [-0.39, 0.29) is 0 Å². The predicted molar refractivity (Wildman–Crippen MR) is 50.6 cm³/mol. The molecule has 1 fully saturated rings. The van der Waals surface area contributed by atoms with Gasteiger partial charge in [-0.3, -0.25) is 0 Å². The molecule has 1 unspecified atom stereocenters. The van der Waals surface area contributed by atoms with Crippen LogP contribution in [0.2, 0.25) is 0 Å². The summed E-state index contributed by atoms with van der Waals surface area (Å²) in [5.41, 5.74) is 1.05. The van der Waals surface area contributed by atoms with Gasteiger partial charge in [-0.05, 0) is 23.7 Å². The molecule has 11 heavy (non-hydrogen) atoms. The van der Waals surface area contributed by atoms with Gasteiger partial charge >= 0.3 is 0 Å². The summed E-state index contributed by atoms with van der Waals surface area (Å²) >= 11 is 0. The highest BCUT2D eigenvalue weighted by atomic mass is 14.6. The molecule has 64 valence electrons. The molecule has 1 aliphatic rings. The molecule has 0 aromatic heterocycles. The van der Waals surface area contributed by atoms with E-state index in [1.54, 1.807) is 0 Å². The van der Waals surface area contributed by atoms with Crippen molar-refractivity contribution in [3.8, 4) is 0 Å². The smallest absolute Gasteiger partial charge is 0.00641 e. The first-order valence-electron chi connectivity index (χ1n) is 4.71. The van der Waals surface area contributed by atoms with Crippen LogP contribution in [-0.2, 0) is 0 Å². The number of unbranched alkanes of at least 4 members (excludes halogenated alkanes) is 1. The van der Waals surface area contributed by atoms with Crippen molar-refractivity contribution >= 4 is 0 Å². The third-order valence-corrected chi connectivity index (χ3v) is 3.35. The van der Waals surface area contributed by atoms with Crippen molar-refractivity contribution in [3.05, 3.63) is 12.7 Å². The van der Waals surface area contributed by atoms with E-state index < -0.39 is 0 Å². The lowest BCUT2D eigenvalue weighted by Crippen LogP contribution is -2.04. The molecule has 0 aromatic rings. The Labute approximate surface area is 70.7 Å². The van der Waals surface area contributed by atoms with Gasteiger partial charge in [-0.1, -0.05) is 39.7 Å². The topological polar surface area (TPSA) is 0 Å². The van der Waals surface area contributed by atoms with Gasteiger partial charge in [-0.25, -0.2) is 0 Å². The Morgan fingerprint density at radius 1 is 1.45 bits per heavy atom. The zero-order valence-electron chi connectivity index (χ0n) is 8.11. The van der Waals surface area contributed by atoms with Crippen LogP contribution < -0.4 is 0 Å². The van der Waals surface area contributed by atoms with Crippen molar-refractivity contribution in [2.24, 2.45) is 10.8 Å². The maximum absolute atomic E-state index is 3.94. The molecule has 0 nitrogen and oxygen atoms in total. The van der Waals surface area contributed by atoms with Crippen molar-refractivity contribution in [3.63, 3.8) is 0 Å². The van der Waals surface area contributed by atoms with Crippen LogP contribution in [0, 0.1) is 10.8 Å². The molecule has 0 heterocycles. The number of rotatable bonds is 4. The van der Waals surface area contributed by atoms with Crippen molar-refractivity contribution < 1.29 is 0 Å². The van der Waals surface area contributed by atoms with Crippen molar-refractivity contribution in [1.82, 2.24) is 0 Å².